The molecule has 21 heavy (non-hydrogen) atoms. The molecule has 1 fully saturated rings. The van der Waals surface area contributed by atoms with Gasteiger partial charge >= 0.3 is 0 Å². The third-order valence-electron chi connectivity index (χ3n) is 4.14. The number of thiocarbonyl (C=S) groups is 1. The molecule has 1 amide bonds. The van der Waals surface area contributed by atoms with Crippen LogP contribution in [0.1, 0.15) is 43.0 Å². The van der Waals surface area contributed by atoms with Crippen LogP contribution in [0.15, 0.2) is 18.2 Å². The van der Waals surface area contributed by atoms with Crippen molar-refractivity contribution in [2.75, 3.05) is 0 Å². The number of nitrogens with one attached hydrogen (secondary N) is 1. The van der Waals surface area contributed by atoms with E-state index in [4.69, 9.17) is 41.2 Å². The fourth-order valence-corrected chi connectivity index (χ4v) is 3.51. The molecular formula is C15H18Cl2N2OS. The molecule has 0 spiro atoms. The molecule has 0 heterocycles. The summed E-state index contributed by atoms with van der Waals surface area (Å²) in [5.74, 6) is 0.293. The lowest BCUT2D eigenvalue weighted by molar-refractivity contribution is 0.0901. The van der Waals surface area contributed by atoms with E-state index in [1.54, 1.807) is 18.2 Å². The third-order valence-corrected chi connectivity index (χ3v) is 5.16. The summed E-state index contributed by atoms with van der Waals surface area (Å²) < 4.78 is 0. The van der Waals surface area contributed by atoms with E-state index in [0.717, 1.165) is 25.7 Å². The highest BCUT2D eigenvalue weighted by Crippen LogP contribution is 2.33. The van der Waals surface area contributed by atoms with Gasteiger partial charge in [-0.2, -0.15) is 0 Å². The van der Waals surface area contributed by atoms with Crippen molar-refractivity contribution in [1.82, 2.24) is 5.32 Å². The van der Waals surface area contributed by atoms with Crippen LogP contribution in [0.25, 0.3) is 0 Å². The second-order valence-corrected chi connectivity index (χ2v) is 6.93. The molecule has 0 saturated heterocycles. The molecule has 2 rings (SSSR count). The van der Waals surface area contributed by atoms with Gasteiger partial charge in [0.15, 0.2) is 0 Å². The number of halogens is 2. The van der Waals surface area contributed by atoms with E-state index in [9.17, 15) is 4.79 Å². The Kier molecular flexibility index (Phi) is 5.12. The molecule has 0 atom stereocenters. The molecule has 3 N–H and O–H groups in total. The molecule has 1 aromatic rings. The quantitative estimate of drug-likeness (QED) is 0.816. The Morgan fingerprint density at radius 3 is 2.33 bits per heavy atom. The maximum absolute atomic E-state index is 12.6. The summed E-state index contributed by atoms with van der Waals surface area (Å²) in [5.41, 5.74) is 5.54. The van der Waals surface area contributed by atoms with Crippen LogP contribution in [0.3, 0.4) is 0 Å². The van der Waals surface area contributed by atoms with Crippen molar-refractivity contribution in [2.45, 2.75) is 38.1 Å². The largest absolute Gasteiger partial charge is 0.391 e. The first-order chi connectivity index (χ1) is 9.85. The number of benzene rings is 1. The average molecular weight is 345 g/mol. The van der Waals surface area contributed by atoms with Gasteiger partial charge in [-0.1, -0.05) is 48.4 Å². The molecule has 0 aromatic heterocycles. The van der Waals surface area contributed by atoms with Gasteiger partial charge in [0.25, 0.3) is 5.91 Å². The van der Waals surface area contributed by atoms with Crippen LogP contribution in [0.5, 0.6) is 0 Å². The minimum atomic E-state index is -0.637. The zero-order chi connectivity index (χ0) is 15.6. The fraction of sp³-hybridized carbons (Fsp3) is 0.467. The molecule has 3 nitrogen and oxygen atoms in total. The van der Waals surface area contributed by atoms with E-state index in [-0.39, 0.29) is 11.5 Å². The zero-order valence-electron chi connectivity index (χ0n) is 11.8. The highest BCUT2D eigenvalue weighted by molar-refractivity contribution is 7.80. The Morgan fingerprint density at radius 1 is 1.33 bits per heavy atom. The lowest BCUT2D eigenvalue weighted by Gasteiger charge is -2.39. The van der Waals surface area contributed by atoms with Crippen LogP contribution in [0.4, 0.5) is 0 Å². The van der Waals surface area contributed by atoms with Crippen molar-refractivity contribution in [1.29, 1.82) is 0 Å². The molecule has 0 aliphatic heterocycles. The average Bonchev–Trinajstić information content (AvgIpc) is 2.41. The van der Waals surface area contributed by atoms with E-state index >= 15 is 0 Å². The summed E-state index contributed by atoms with van der Waals surface area (Å²) >= 11 is 17.4. The molecule has 0 unspecified atom stereocenters. The first kappa shape index (κ1) is 16.5. The van der Waals surface area contributed by atoms with Gasteiger partial charge in [-0.05, 0) is 43.7 Å². The second kappa shape index (κ2) is 6.51. The van der Waals surface area contributed by atoms with Crippen molar-refractivity contribution in [2.24, 2.45) is 11.7 Å². The summed E-state index contributed by atoms with van der Waals surface area (Å²) in [6.07, 6.45) is 3.45. The third kappa shape index (κ3) is 3.50. The monoisotopic (exact) mass is 344 g/mol. The Hall–Kier alpha value is -0.840. The van der Waals surface area contributed by atoms with Gasteiger partial charge in [0.2, 0.25) is 0 Å². The molecule has 114 valence electrons. The van der Waals surface area contributed by atoms with Crippen molar-refractivity contribution in [3.8, 4) is 0 Å². The molecule has 0 radical (unpaired) electrons. The maximum atomic E-state index is 12.6. The molecule has 1 aromatic carbocycles. The smallest absolute Gasteiger partial charge is 0.255 e. The Morgan fingerprint density at radius 2 is 1.86 bits per heavy atom. The Labute approximate surface area is 140 Å². The van der Waals surface area contributed by atoms with Crippen molar-refractivity contribution in [3.05, 3.63) is 33.8 Å². The van der Waals surface area contributed by atoms with Crippen LogP contribution in [0.2, 0.25) is 10.0 Å². The van der Waals surface area contributed by atoms with E-state index in [1.165, 1.54) is 0 Å². The van der Waals surface area contributed by atoms with Crippen LogP contribution in [-0.2, 0) is 0 Å². The first-order valence-corrected chi connectivity index (χ1v) is 8.08. The summed E-state index contributed by atoms with van der Waals surface area (Å²) in [4.78, 5) is 12.9. The van der Waals surface area contributed by atoms with E-state index < -0.39 is 5.54 Å². The fourth-order valence-electron chi connectivity index (χ4n) is 2.68. The molecule has 6 heteroatoms. The number of carbonyl (C=O) groups is 1. The number of carbonyl (C=O) groups excluding carboxylic acids is 1. The summed E-state index contributed by atoms with van der Waals surface area (Å²) in [7, 11) is 0. The summed E-state index contributed by atoms with van der Waals surface area (Å²) in [5, 5.41) is 3.62. The van der Waals surface area contributed by atoms with Crippen molar-refractivity contribution < 1.29 is 4.79 Å². The minimum Gasteiger partial charge on any atom is -0.391 e. The number of rotatable bonds is 3. The van der Waals surface area contributed by atoms with Gasteiger partial charge in [-0.3, -0.25) is 4.79 Å². The van der Waals surface area contributed by atoms with Crippen LogP contribution in [0, 0.1) is 5.92 Å². The Balaban J connectivity index is 2.26. The van der Waals surface area contributed by atoms with Gasteiger partial charge in [0.1, 0.15) is 0 Å². The van der Waals surface area contributed by atoms with Gasteiger partial charge in [-0.25, -0.2) is 0 Å². The number of hydrogen-bond acceptors (Lipinski definition) is 2. The second-order valence-electron chi connectivity index (χ2n) is 5.68. The van der Waals surface area contributed by atoms with Gasteiger partial charge < -0.3 is 11.1 Å². The van der Waals surface area contributed by atoms with Gasteiger partial charge in [0, 0.05) is 0 Å². The summed E-state index contributed by atoms with van der Waals surface area (Å²) in [6, 6.07) is 4.98. The Bertz CT molecular complexity index is 549. The topological polar surface area (TPSA) is 55.1 Å². The van der Waals surface area contributed by atoms with E-state index in [0.29, 0.717) is 21.0 Å². The van der Waals surface area contributed by atoms with E-state index in [1.807, 2.05) is 0 Å². The maximum Gasteiger partial charge on any atom is 0.255 e. The number of amides is 1. The van der Waals surface area contributed by atoms with Gasteiger partial charge in [-0.15, -0.1) is 0 Å². The molecular weight excluding hydrogens is 327 g/mol. The number of hydrogen-bond donors (Lipinski definition) is 2. The van der Waals surface area contributed by atoms with Gasteiger partial charge in [0.05, 0.1) is 26.1 Å². The van der Waals surface area contributed by atoms with Crippen molar-refractivity contribution >= 4 is 46.3 Å². The predicted octanol–water partition coefficient (Wildman–Crippen LogP) is 3.96. The number of nitrogens with two attached hydrogens (primary N) is 1. The highest BCUT2D eigenvalue weighted by Gasteiger charge is 2.39. The van der Waals surface area contributed by atoms with Crippen LogP contribution < -0.4 is 11.1 Å². The predicted molar refractivity (Wildman–Crippen MR) is 91.1 cm³/mol. The van der Waals surface area contributed by atoms with Crippen LogP contribution in [-0.4, -0.2) is 16.4 Å². The molecule has 0 bridgehead atoms. The zero-order valence-corrected chi connectivity index (χ0v) is 14.1. The molecule has 1 aliphatic carbocycles. The molecule has 1 aliphatic rings. The van der Waals surface area contributed by atoms with Crippen molar-refractivity contribution in [3.63, 3.8) is 0 Å². The molecule has 1 saturated carbocycles. The highest BCUT2D eigenvalue weighted by atomic mass is 35.5. The lowest BCUT2D eigenvalue weighted by Crippen LogP contribution is -2.58. The van der Waals surface area contributed by atoms with Crippen LogP contribution >= 0.6 is 35.4 Å². The SMILES string of the molecule is CC1CCC(NC(=O)c2c(Cl)cccc2Cl)(C(N)=S)CC1. The van der Waals surface area contributed by atoms with E-state index in [2.05, 4.69) is 12.2 Å². The summed E-state index contributed by atoms with van der Waals surface area (Å²) in [6.45, 7) is 2.19. The lowest BCUT2D eigenvalue weighted by atomic mass is 9.77. The first-order valence-electron chi connectivity index (χ1n) is 6.92. The normalized spacial score (nSPS) is 25.4. The minimum absolute atomic E-state index is 0.273. The standard InChI is InChI=1S/C15H18Cl2N2OS/c1-9-5-7-15(8-6-9,14(18)21)19-13(20)12-10(16)3-2-4-11(12)17/h2-4,9H,5-8H2,1H3,(H2,18,21)(H,19,20).